The second-order valence-electron chi connectivity index (χ2n) is 10.5. The van der Waals surface area contributed by atoms with E-state index in [0.717, 1.165) is 0 Å². The summed E-state index contributed by atoms with van der Waals surface area (Å²) in [5.41, 5.74) is 0. The third kappa shape index (κ3) is 10.2. The summed E-state index contributed by atoms with van der Waals surface area (Å²) >= 11 is 0. The van der Waals surface area contributed by atoms with Crippen molar-refractivity contribution in [3.8, 4) is 28.7 Å². The second kappa shape index (κ2) is 17.4. The molecule has 1 heterocycles. The molecule has 248 valence electrons. The molecule has 1 N–H and O–H groups in total. The van der Waals surface area contributed by atoms with E-state index in [1.54, 1.807) is 9.80 Å². The van der Waals surface area contributed by atoms with Gasteiger partial charge in [-0.25, -0.2) is 0 Å². The van der Waals surface area contributed by atoms with E-state index in [1.807, 2.05) is 152 Å². The van der Waals surface area contributed by atoms with Crippen molar-refractivity contribution in [2.75, 3.05) is 48.8 Å². The van der Waals surface area contributed by atoms with Crippen LogP contribution >= 0.6 is 0 Å². The average molecular weight is 657 g/mol. The van der Waals surface area contributed by atoms with Gasteiger partial charge in [0.05, 0.1) is 0 Å². The van der Waals surface area contributed by atoms with Crippen LogP contribution in [0, 0.1) is 0 Å². The molecule has 0 fully saturated rings. The maximum absolute atomic E-state index is 6.14. The number of benzene rings is 5. The van der Waals surface area contributed by atoms with Gasteiger partial charge in [-0.3, -0.25) is 9.80 Å². The fraction of sp³-hybridized carbons (Fsp3) is 0.132. The number of ether oxygens (including phenoxy) is 5. The molecule has 6 aromatic rings. The second-order valence-corrected chi connectivity index (χ2v) is 10.5. The number of para-hydroxylation sites is 5. The molecule has 11 heteroatoms. The molecule has 0 radical (unpaired) electrons. The van der Waals surface area contributed by atoms with Crippen LogP contribution in [-0.2, 0) is 0 Å². The van der Waals surface area contributed by atoms with Crippen LogP contribution in [0.25, 0.3) is 0 Å². The van der Waals surface area contributed by atoms with Crippen molar-refractivity contribution in [2.24, 2.45) is 0 Å². The van der Waals surface area contributed by atoms with Crippen molar-refractivity contribution >= 4 is 17.8 Å². The summed E-state index contributed by atoms with van der Waals surface area (Å²) in [6.45, 7) is 0.445. The van der Waals surface area contributed by atoms with Crippen LogP contribution < -0.4 is 38.8 Å². The summed E-state index contributed by atoms with van der Waals surface area (Å²) in [7, 11) is 0. The van der Waals surface area contributed by atoms with Crippen LogP contribution in [-0.4, -0.2) is 48.6 Å². The molecule has 0 saturated heterocycles. The molecule has 0 spiro atoms. The van der Waals surface area contributed by atoms with E-state index < -0.39 is 0 Å². The lowest BCUT2D eigenvalue weighted by Gasteiger charge is -2.26. The molecular formula is C38H36N6O5. The average Bonchev–Trinajstić information content (AvgIpc) is 3.17. The molecule has 6 rings (SSSR count). The smallest absolute Gasteiger partial charge is 0.237 e. The van der Waals surface area contributed by atoms with Gasteiger partial charge in [-0.15, -0.1) is 0 Å². The summed E-state index contributed by atoms with van der Waals surface area (Å²) in [6, 6.07) is 47.5. The van der Waals surface area contributed by atoms with E-state index >= 15 is 0 Å². The topological polar surface area (TPSA) is 103 Å². The fourth-order valence-electron chi connectivity index (χ4n) is 4.40. The molecule has 0 unspecified atom stereocenters. The van der Waals surface area contributed by atoms with E-state index in [-0.39, 0.29) is 39.6 Å². The third-order valence-electron chi connectivity index (χ3n) is 6.91. The Balaban J connectivity index is 1.31. The van der Waals surface area contributed by atoms with Crippen LogP contribution in [0.5, 0.6) is 28.7 Å². The number of rotatable bonds is 18. The number of nitrogens with one attached hydrogen (secondary N) is 1. The highest BCUT2D eigenvalue weighted by Gasteiger charge is 2.20. The first-order chi connectivity index (χ1) is 24.3. The molecule has 1 aromatic heterocycles. The summed E-state index contributed by atoms with van der Waals surface area (Å²) in [5.74, 6) is 4.30. The van der Waals surface area contributed by atoms with Crippen LogP contribution in [0.1, 0.15) is 0 Å². The fourth-order valence-corrected chi connectivity index (χ4v) is 4.40. The molecule has 0 aliphatic carbocycles. The standard InChI is InChI=1S/C38H36N6O5/c1-6-16-31(17-7-1)45-26-39-36-40-37(43(27-46-32-18-8-2-9-19-32)28-47-33-20-10-3-11-21-33)42-38(41-36)44(29-48-34-22-12-4-13-23-34)30-49-35-24-14-5-15-25-35/h1-25H,26-30H2,(H,39,40,41,42). The first kappa shape index (κ1) is 32.5. The monoisotopic (exact) mass is 656 g/mol. The number of hydrogen-bond donors (Lipinski definition) is 1. The van der Waals surface area contributed by atoms with Gasteiger partial charge < -0.3 is 29.0 Å². The van der Waals surface area contributed by atoms with Crippen molar-refractivity contribution in [3.05, 3.63) is 152 Å². The highest BCUT2D eigenvalue weighted by Crippen LogP contribution is 2.21. The zero-order chi connectivity index (χ0) is 33.4. The van der Waals surface area contributed by atoms with E-state index in [0.29, 0.717) is 40.6 Å². The van der Waals surface area contributed by atoms with Gasteiger partial charge in [-0.2, -0.15) is 15.0 Å². The molecular weight excluding hydrogens is 620 g/mol. The molecule has 11 nitrogen and oxygen atoms in total. The van der Waals surface area contributed by atoms with Gasteiger partial charge in [-0.1, -0.05) is 91.0 Å². The van der Waals surface area contributed by atoms with E-state index in [2.05, 4.69) is 5.32 Å². The number of nitrogens with zero attached hydrogens (tertiary/aromatic N) is 5. The van der Waals surface area contributed by atoms with Gasteiger partial charge in [0.2, 0.25) is 17.8 Å². The minimum absolute atomic E-state index is 0.0846. The molecule has 0 atom stereocenters. The zero-order valence-electron chi connectivity index (χ0n) is 26.7. The normalized spacial score (nSPS) is 10.4. The molecule has 0 amide bonds. The Morgan fingerprint density at radius 1 is 0.367 bits per heavy atom. The van der Waals surface area contributed by atoms with Crippen molar-refractivity contribution < 1.29 is 23.7 Å². The Bertz CT molecular complexity index is 1610. The number of hydrogen-bond acceptors (Lipinski definition) is 11. The predicted molar refractivity (Wildman–Crippen MR) is 188 cm³/mol. The van der Waals surface area contributed by atoms with Gasteiger partial charge in [0.1, 0.15) is 28.7 Å². The lowest BCUT2D eigenvalue weighted by atomic mass is 10.3. The predicted octanol–water partition coefficient (Wildman–Crippen LogP) is 7.08. The van der Waals surface area contributed by atoms with Gasteiger partial charge in [0, 0.05) is 0 Å². The Labute approximate surface area is 285 Å². The Morgan fingerprint density at radius 3 is 0.959 bits per heavy atom. The third-order valence-corrected chi connectivity index (χ3v) is 6.91. The number of aromatic nitrogens is 3. The van der Waals surface area contributed by atoms with Crippen molar-refractivity contribution in [1.29, 1.82) is 0 Å². The highest BCUT2D eigenvalue weighted by molar-refractivity contribution is 5.45. The van der Waals surface area contributed by atoms with E-state index in [1.165, 1.54) is 0 Å². The largest absolute Gasteiger partial charge is 0.473 e. The molecule has 0 bridgehead atoms. The first-order valence-electron chi connectivity index (χ1n) is 15.7. The summed E-state index contributed by atoms with van der Waals surface area (Å²) in [5, 5.41) is 3.18. The number of anilines is 3. The maximum atomic E-state index is 6.14. The van der Waals surface area contributed by atoms with Crippen molar-refractivity contribution in [1.82, 2.24) is 15.0 Å². The molecule has 0 aliphatic rings. The molecule has 0 saturated carbocycles. The van der Waals surface area contributed by atoms with Gasteiger partial charge >= 0.3 is 0 Å². The molecule has 5 aromatic carbocycles. The van der Waals surface area contributed by atoms with Crippen LogP contribution in [0.2, 0.25) is 0 Å². The van der Waals surface area contributed by atoms with E-state index in [4.69, 9.17) is 38.6 Å². The maximum Gasteiger partial charge on any atom is 0.237 e. The first-order valence-corrected chi connectivity index (χ1v) is 15.7. The van der Waals surface area contributed by atoms with Crippen LogP contribution in [0.3, 0.4) is 0 Å². The zero-order valence-corrected chi connectivity index (χ0v) is 26.7. The Morgan fingerprint density at radius 2 is 0.653 bits per heavy atom. The van der Waals surface area contributed by atoms with Gasteiger partial charge in [0.25, 0.3) is 0 Å². The quantitative estimate of drug-likeness (QED) is 0.0961. The van der Waals surface area contributed by atoms with E-state index in [9.17, 15) is 0 Å². The van der Waals surface area contributed by atoms with Gasteiger partial charge in [0.15, 0.2) is 33.7 Å². The molecule has 0 aliphatic heterocycles. The van der Waals surface area contributed by atoms with Gasteiger partial charge in [-0.05, 0) is 60.7 Å². The van der Waals surface area contributed by atoms with Crippen LogP contribution in [0.4, 0.5) is 17.8 Å². The minimum Gasteiger partial charge on any atom is -0.473 e. The highest BCUT2D eigenvalue weighted by atomic mass is 16.5. The summed E-state index contributed by atoms with van der Waals surface area (Å²) in [4.78, 5) is 17.9. The Hall–Kier alpha value is -6.49. The lowest BCUT2D eigenvalue weighted by molar-refractivity contribution is 0.243. The van der Waals surface area contributed by atoms with Crippen LogP contribution in [0.15, 0.2) is 152 Å². The van der Waals surface area contributed by atoms with Crippen molar-refractivity contribution in [3.63, 3.8) is 0 Å². The minimum atomic E-state index is 0.0846. The Kier molecular flexibility index (Phi) is 11.5. The molecule has 49 heavy (non-hydrogen) atoms. The summed E-state index contributed by atoms with van der Waals surface area (Å²) in [6.07, 6.45) is 0. The SMILES string of the molecule is c1ccc(OCNc2nc(N(COc3ccccc3)COc3ccccc3)nc(N(COc3ccccc3)COc3ccccc3)n2)cc1. The summed E-state index contributed by atoms with van der Waals surface area (Å²) < 4.78 is 30.4. The van der Waals surface area contributed by atoms with Crippen molar-refractivity contribution in [2.45, 2.75) is 0 Å². The lowest BCUT2D eigenvalue weighted by Crippen LogP contribution is -2.37.